The highest BCUT2D eigenvalue weighted by Crippen LogP contribution is 2.33. The van der Waals surface area contributed by atoms with Crippen LogP contribution in [0.25, 0.3) is 0 Å². The van der Waals surface area contributed by atoms with Gasteiger partial charge in [-0.05, 0) is 12.1 Å². The first-order chi connectivity index (χ1) is 6.40. The van der Waals surface area contributed by atoms with E-state index in [1.165, 1.54) is 0 Å². The van der Waals surface area contributed by atoms with Gasteiger partial charge in [-0.1, -0.05) is 0 Å². The van der Waals surface area contributed by atoms with Gasteiger partial charge < -0.3 is 20.5 Å². The van der Waals surface area contributed by atoms with E-state index in [9.17, 15) is 0 Å². The Morgan fingerprint density at radius 2 is 2.15 bits per heavy atom. The van der Waals surface area contributed by atoms with Crippen LogP contribution in [0.3, 0.4) is 0 Å². The number of rotatable bonds is 3. The number of nitrogens with two attached hydrogens (primary N) is 1. The van der Waals surface area contributed by atoms with E-state index < -0.39 is 0 Å². The quantitative estimate of drug-likeness (QED) is 0.722. The van der Waals surface area contributed by atoms with Crippen LogP contribution >= 0.6 is 0 Å². The Labute approximate surface area is 76.6 Å². The van der Waals surface area contributed by atoms with Crippen molar-refractivity contribution in [2.75, 3.05) is 25.2 Å². The van der Waals surface area contributed by atoms with Crippen molar-refractivity contribution in [2.24, 2.45) is 5.73 Å². The Morgan fingerprint density at radius 3 is 3.00 bits per heavy atom. The van der Waals surface area contributed by atoms with E-state index in [4.69, 9.17) is 15.2 Å². The summed E-state index contributed by atoms with van der Waals surface area (Å²) in [4.78, 5) is 0. The highest BCUT2D eigenvalue weighted by Gasteiger charge is 2.12. The molecule has 0 spiro atoms. The lowest BCUT2D eigenvalue weighted by molar-refractivity contribution is 0.174. The molecule has 1 aromatic carbocycles. The molecular formula is C9H12N2O2. The molecule has 0 saturated carbocycles. The Kier molecular flexibility index (Phi) is 2.23. The normalized spacial score (nSPS) is 13.0. The number of hydrogen-bond acceptors (Lipinski definition) is 4. The van der Waals surface area contributed by atoms with Crippen LogP contribution in [0.5, 0.6) is 11.5 Å². The summed E-state index contributed by atoms with van der Waals surface area (Å²) in [5.41, 5.74) is 6.38. The van der Waals surface area contributed by atoms with E-state index in [1.54, 1.807) is 0 Å². The predicted octanol–water partition coefficient (Wildman–Crippen LogP) is 0.786. The number of nitrogens with one attached hydrogen (secondary N) is 1. The van der Waals surface area contributed by atoms with Gasteiger partial charge in [0, 0.05) is 24.8 Å². The fourth-order valence-corrected chi connectivity index (χ4v) is 1.22. The summed E-state index contributed by atoms with van der Waals surface area (Å²) in [6.07, 6.45) is 0. The second-order valence-electron chi connectivity index (χ2n) is 2.78. The molecule has 0 bridgehead atoms. The third kappa shape index (κ3) is 1.67. The summed E-state index contributed by atoms with van der Waals surface area (Å²) in [6, 6.07) is 5.75. The lowest BCUT2D eigenvalue weighted by Gasteiger charge is -2.04. The van der Waals surface area contributed by atoms with E-state index in [2.05, 4.69) is 5.32 Å². The third-order valence-corrected chi connectivity index (χ3v) is 1.85. The largest absolute Gasteiger partial charge is 0.454 e. The van der Waals surface area contributed by atoms with E-state index in [0.717, 1.165) is 23.7 Å². The zero-order valence-electron chi connectivity index (χ0n) is 7.25. The molecule has 13 heavy (non-hydrogen) atoms. The molecule has 4 nitrogen and oxygen atoms in total. The van der Waals surface area contributed by atoms with Crippen LogP contribution < -0.4 is 20.5 Å². The lowest BCUT2D eigenvalue weighted by Crippen LogP contribution is -2.12. The number of anilines is 1. The molecule has 1 aromatic rings. The third-order valence-electron chi connectivity index (χ3n) is 1.85. The molecule has 0 aromatic heterocycles. The van der Waals surface area contributed by atoms with E-state index in [1.807, 2.05) is 18.2 Å². The summed E-state index contributed by atoms with van der Waals surface area (Å²) in [7, 11) is 0. The first-order valence-corrected chi connectivity index (χ1v) is 4.24. The SMILES string of the molecule is NCCNc1ccc2c(c1)OCO2. The molecule has 0 atom stereocenters. The predicted molar refractivity (Wildman–Crippen MR) is 50.1 cm³/mol. The number of fused-ring (bicyclic) bond motifs is 1. The van der Waals surface area contributed by atoms with E-state index >= 15 is 0 Å². The minimum atomic E-state index is 0.315. The summed E-state index contributed by atoms with van der Waals surface area (Å²) in [5, 5.41) is 3.16. The van der Waals surface area contributed by atoms with Crippen molar-refractivity contribution in [3.05, 3.63) is 18.2 Å². The van der Waals surface area contributed by atoms with Crippen LogP contribution in [-0.4, -0.2) is 19.9 Å². The summed E-state index contributed by atoms with van der Waals surface area (Å²) >= 11 is 0. The summed E-state index contributed by atoms with van der Waals surface area (Å²) < 4.78 is 10.4. The zero-order chi connectivity index (χ0) is 9.10. The topological polar surface area (TPSA) is 56.5 Å². The van der Waals surface area contributed by atoms with Crippen molar-refractivity contribution in [1.82, 2.24) is 0 Å². The van der Waals surface area contributed by atoms with Crippen molar-refractivity contribution in [3.8, 4) is 11.5 Å². The average Bonchev–Trinajstić information content (AvgIpc) is 2.61. The smallest absolute Gasteiger partial charge is 0.231 e. The van der Waals surface area contributed by atoms with Gasteiger partial charge in [-0.25, -0.2) is 0 Å². The molecule has 0 aliphatic carbocycles. The molecule has 70 valence electrons. The lowest BCUT2D eigenvalue weighted by atomic mass is 10.3. The second-order valence-corrected chi connectivity index (χ2v) is 2.78. The Morgan fingerprint density at radius 1 is 1.31 bits per heavy atom. The van der Waals surface area contributed by atoms with Crippen LogP contribution in [0, 0.1) is 0 Å². The van der Waals surface area contributed by atoms with Gasteiger partial charge in [0.15, 0.2) is 11.5 Å². The minimum absolute atomic E-state index is 0.315. The fraction of sp³-hybridized carbons (Fsp3) is 0.333. The summed E-state index contributed by atoms with van der Waals surface area (Å²) in [5.74, 6) is 1.60. The first-order valence-electron chi connectivity index (χ1n) is 4.24. The van der Waals surface area contributed by atoms with Gasteiger partial charge in [-0.15, -0.1) is 0 Å². The van der Waals surface area contributed by atoms with Crippen molar-refractivity contribution in [1.29, 1.82) is 0 Å². The van der Waals surface area contributed by atoms with Gasteiger partial charge in [0.05, 0.1) is 0 Å². The molecular weight excluding hydrogens is 168 g/mol. The van der Waals surface area contributed by atoms with Crippen molar-refractivity contribution < 1.29 is 9.47 Å². The van der Waals surface area contributed by atoms with Crippen LogP contribution in [0.4, 0.5) is 5.69 Å². The minimum Gasteiger partial charge on any atom is -0.454 e. The molecule has 0 amide bonds. The second kappa shape index (κ2) is 3.53. The van der Waals surface area contributed by atoms with Crippen LogP contribution in [0.2, 0.25) is 0 Å². The van der Waals surface area contributed by atoms with Gasteiger partial charge in [0.25, 0.3) is 0 Å². The maximum absolute atomic E-state index is 5.37. The molecule has 1 aliphatic heterocycles. The van der Waals surface area contributed by atoms with Gasteiger partial charge in [-0.3, -0.25) is 0 Å². The molecule has 1 heterocycles. The van der Waals surface area contributed by atoms with Crippen LogP contribution in [-0.2, 0) is 0 Å². The molecule has 0 fully saturated rings. The zero-order valence-corrected chi connectivity index (χ0v) is 7.25. The first kappa shape index (κ1) is 8.19. The van der Waals surface area contributed by atoms with Crippen LogP contribution in [0.15, 0.2) is 18.2 Å². The van der Waals surface area contributed by atoms with E-state index in [0.29, 0.717) is 13.3 Å². The van der Waals surface area contributed by atoms with Gasteiger partial charge in [0.2, 0.25) is 6.79 Å². The monoisotopic (exact) mass is 180 g/mol. The highest BCUT2D eigenvalue weighted by molar-refractivity contribution is 5.55. The molecule has 2 rings (SSSR count). The molecule has 4 heteroatoms. The van der Waals surface area contributed by atoms with Crippen molar-refractivity contribution in [3.63, 3.8) is 0 Å². The van der Waals surface area contributed by atoms with Crippen LogP contribution in [0.1, 0.15) is 0 Å². The summed E-state index contributed by atoms with van der Waals surface area (Å²) in [6.45, 7) is 1.70. The molecule has 1 aliphatic rings. The highest BCUT2D eigenvalue weighted by atomic mass is 16.7. The van der Waals surface area contributed by atoms with Gasteiger partial charge in [0.1, 0.15) is 0 Å². The Bertz CT molecular complexity index is 302. The standard InChI is InChI=1S/C9H12N2O2/c10-3-4-11-7-1-2-8-9(5-7)13-6-12-8/h1-2,5,11H,3-4,6,10H2. The molecule has 0 unspecified atom stereocenters. The Hall–Kier alpha value is -1.42. The fourth-order valence-electron chi connectivity index (χ4n) is 1.22. The molecule has 3 N–H and O–H groups in total. The maximum atomic E-state index is 5.37. The van der Waals surface area contributed by atoms with Gasteiger partial charge in [-0.2, -0.15) is 0 Å². The Balaban J connectivity index is 2.12. The molecule has 0 saturated heterocycles. The maximum Gasteiger partial charge on any atom is 0.231 e. The molecule has 0 radical (unpaired) electrons. The average molecular weight is 180 g/mol. The van der Waals surface area contributed by atoms with Gasteiger partial charge >= 0.3 is 0 Å². The number of benzene rings is 1. The van der Waals surface area contributed by atoms with E-state index in [-0.39, 0.29) is 0 Å². The van der Waals surface area contributed by atoms with Crippen molar-refractivity contribution >= 4 is 5.69 Å². The van der Waals surface area contributed by atoms with Crippen molar-refractivity contribution in [2.45, 2.75) is 0 Å². The number of ether oxygens (including phenoxy) is 2. The number of hydrogen-bond donors (Lipinski definition) is 2.